The Morgan fingerprint density at radius 3 is 1.67 bits per heavy atom. The highest BCUT2D eigenvalue weighted by atomic mass is 16.3. The Labute approximate surface area is 295 Å². The van der Waals surface area contributed by atoms with Crippen molar-refractivity contribution in [3.8, 4) is 67.5 Å². The molecule has 0 radical (unpaired) electrons. The van der Waals surface area contributed by atoms with Crippen molar-refractivity contribution in [2.24, 2.45) is 0 Å². The molecule has 0 amide bonds. The van der Waals surface area contributed by atoms with Gasteiger partial charge in [0.1, 0.15) is 11.2 Å². The van der Waals surface area contributed by atoms with Crippen LogP contribution in [0.5, 0.6) is 0 Å². The van der Waals surface area contributed by atoms with E-state index < -0.39 is 0 Å². The predicted octanol–water partition coefficient (Wildman–Crippen LogP) is 12.3. The summed E-state index contributed by atoms with van der Waals surface area (Å²) < 4.78 is 6.43. The lowest BCUT2D eigenvalue weighted by Gasteiger charge is -2.11. The van der Waals surface area contributed by atoms with Crippen LogP contribution in [0.2, 0.25) is 0 Å². The van der Waals surface area contributed by atoms with Gasteiger partial charge in [-0.05, 0) is 63.7 Å². The molecule has 0 spiro atoms. The largest absolute Gasteiger partial charge is 0.456 e. The maximum atomic E-state index is 7.99. The molecule has 0 aliphatic rings. The van der Waals surface area contributed by atoms with Crippen molar-refractivity contribution >= 4 is 27.6 Å². The fraction of sp³-hybridized carbons (Fsp3) is 0. The summed E-state index contributed by atoms with van der Waals surface area (Å²) in [7, 11) is 0. The molecule has 7 aromatic carbocycles. The number of aromatic nitrogens is 3. The van der Waals surface area contributed by atoms with Gasteiger partial charge in [0.05, 0.1) is 6.57 Å². The summed E-state index contributed by atoms with van der Waals surface area (Å²) in [5.41, 5.74) is 10.9. The highest BCUT2D eigenvalue weighted by molar-refractivity contribution is 6.13. The van der Waals surface area contributed by atoms with Crippen molar-refractivity contribution in [3.63, 3.8) is 0 Å². The molecule has 0 N–H and O–H groups in total. The van der Waals surface area contributed by atoms with Crippen molar-refractivity contribution in [1.29, 1.82) is 0 Å². The molecule has 0 saturated carbocycles. The Hall–Kier alpha value is -7.16. The van der Waals surface area contributed by atoms with E-state index in [4.69, 9.17) is 25.9 Å². The zero-order chi connectivity index (χ0) is 34.1. The average Bonchev–Trinajstić information content (AvgIpc) is 3.60. The predicted molar refractivity (Wildman–Crippen MR) is 206 cm³/mol. The highest BCUT2D eigenvalue weighted by Gasteiger charge is 2.17. The first-order valence-electron chi connectivity index (χ1n) is 16.7. The van der Waals surface area contributed by atoms with Gasteiger partial charge in [-0.2, -0.15) is 0 Å². The first kappa shape index (κ1) is 29.9. The second kappa shape index (κ2) is 12.7. The van der Waals surface area contributed by atoms with Crippen LogP contribution in [0.4, 0.5) is 5.69 Å². The summed E-state index contributed by atoms with van der Waals surface area (Å²) >= 11 is 0. The van der Waals surface area contributed by atoms with Crippen molar-refractivity contribution in [2.75, 3.05) is 0 Å². The fourth-order valence-corrected chi connectivity index (χ4v) is 6.68. The van der Waals surface area contributed by atoms with Gasteiger partial charge in [-0.25, -0.2) is 19.8 Å². The van der Waals surface area contributed by atoms with E-state index in [1.54, 1.807) is 0 Å². The molecular formula is C46H28N4O. The monoisotopic (exact) mass is 652 g/mol. The summed E-state index contributed by atoms with van der Waals surface area (Å²) in [6.45, 7) is 7.99. The third-order valence-corrected chi connectivity index (χ3v) is 9.16. The van der Waals surface area contributed by atoms with Crippen LogP contribution >= 0.6 is 0 Å². The van der Waals surface area contributed by atoms with E-state index in [1.165, 1.54) is 0 Å². The number of benzene rings is 7. The first-order valence-corrected chi connectivity index (χ1v) is 16.7. The van der Waals surface area contributed by atoms with E-state index in [0.717, 1.165) is 72.0 Å². The summed E-state index contributed by atoms with van der Waals surface area (Å²) in [4.78, 5) is 18.9. The summed E-state index contributed by atoms with van der Waals surface area (Å²) in [5, 5.41) is 2.12. The van der Waals surface area contributed by atoms with E-state index in [1.807, 2.05) is 109 Å². The lowest BCUT2D eigenvalue weighted by molar-refractivity contribution is 0.669. The number of furan rings is 1. The van der Waals surface area contributed by atoms with Gasteiger partial charge in [0.2, 0.25) is 0 Å². The zero-order valence-corrected chi connectivity index (χ0v) is 27.4. The van der Waals surface area contributed by atoms with Gasteiger partial charge in [0, 0.05) is 27.5 Å². The molecule has 0 saturated heterocycles. The minimum Gasteiger partial charge on any atom is -0.456 e. The summed E-state index contributed by atoms with van der Waals surface area (Å²) in [6, 6.07) is 56.9. The molecule has 0 aliphatic heterocycles. The standard InChI is InChI=1S/C46H28N4O/c1-47-40-28-33(30-13-5-2-6-14-30)23-25-37(40)34-19-11-20-35(27-34)45-48-44(32-17-9-4-10-18-32)49-46(50-45)36-24-26-39-42(29-36)51-41-22-12-21-38(43(39)41)31-15-7-3-8-16-31/h2-29H. The topological polar surface area (TPSA) is 56.2 Å². The fourth-order valence-electron chi connectivity index (χ4n) is 6.68. The van der Waals surface area contributed by atoms with Crippen molar-refractivity contribution in [3.05, 3.63) is 181 Å². The molecule has 5 heteroatoms. The molecule has 9 aromatic rings. The Kier molecular flexibility index (Phi) is 7.46. The molecule has 51 heavy (non-hydrogen) atoms. The quantitative estimate of drug-likeness (QED) is 0.168. The maximum Gasteiger partial charge on any atom is 0.195 e. The normalized spacial score (nSPS) is 11.1. The molecule has 0 aliphatic carbocycles. The van der Waals surface area contributed by atoms with E-state index in [-0.39, 0.29) is 0 Å². The van der Waals surface area contributed by atoms with E-state index in [9.17, 15) is 0 Å². The number of nitrogens with zero attached hydrogens (tertiary/aromatic N) is 4. The highest BCUT2D eigenvalue weighted by Crippen LogP contribution is 2.39. The molecule has 9 rings (SSSR count). The molecule has 0 unspecified atom stereocenters. The minimum absolute atomic E-state index is 0.544. The lowest BCUT2D eigenvalue weighted by atomic mass is 9.97. The second-order valence-electron chi connectivity index (χ2n) is 12.3. The molecule has 0 fully saturated rings. The van der Waals surface area contributed by atoms with Gasteiger partial charge in [0.25, 0.3) is 0 Å². The van der Waals surface area contributed by atoms with Crippen LogP contribution in [0.1, 0.15) is 0 Å². The van der Waals surface area contributed by atoms with Crippen LogP contribution in [0.3, 0.4) is 0 Å². The lowest BCUT2D eigenvalue weighted by Crippen LogP contribution is -2.00. The van der Waals surface area contributed by atoms with Crippen LogP contribution in [0, 0.1) is 6.57 Å². The minimum atomic E-state index is 0.544. The van der Waals surface area contributed by atoms with Crippen LogP contribution in [0.25, 0.3) is 94.3 Å². The van der Waals surface area contributed by atoms with Gasteiger partial charge in [0.15, 0.2) is 23.2 Å². The van der Waals surface area contributed by atoms with Gasteiger partial charge in [-0.1, -0.05) is 140 Å². The Balaban J connectivity index is 1.16. The maximum absolute atomic E-state index is 7.99. The molecule has 5 nitrogen and oxygen atoms in total. The van der Waals surface area contributed by atoms with Crippen LogP contribution in [0.15, 0.2) is 174 Å². The SMILES string of the molecule is [C-]#[N+]c1cc(-c2ccccc2)ccc1-c1cccc(-c2nc(-c3ccccc3)nc(-c3ccc4c(c3)oc3cccc(-c5ccccc5)c34)n2)c1. The number of rotatable bonds is 6. The Bertz CT molecular complexity index is 2750. The molecule has 0 atom stereocenters. The summed E-state index contributed by atoms with van der Waals surface area (Å²) in [6.07, 6.45) is 0. The third kappa shape index (κ3) is 5.61. The molecule has 2 heterocycles. The van der Waals surface area contributed by atoms with Gasteiger partial charge in [-0.3, -0.25) is 0 Å². The molecule has 238 valence electrons. The zero-order valence-electron chi connectivity index (χ0n) is 27.4. The smallest absolute Gasteiger partial charge is 0.195 e. The van der Waals surface area contributed by atoms with Crippen molar-refractivity contribution in [2.45, 2.75) is 0 Å². The van der Waals surface area contributed by atoms with Gasteiger partial charge >= 0.3 is 0 Å². The number of fused-ring (bicyclic) bond motifs is 3. The number of hydrogen-bond donors (Lipinski definition) is 0. The molecular weight excluding hydrogens is 625 g/mol. The third-order valence-electron chi connectivity index (χ3n) is 9.16. The van der Waals surface area contributed by atoms with Crippen LogP contribution in [-0.2, 0) is 0 Å². The van der Waals surface area contributed by atoms with Gasteiger partial charge in [-0.15, -0.1) is 0 Å². The van der Waals surface area contributed by atoms with E-state index in [2.05, 4.69) is 65.5 Å². The average molecular weight is 653 g/mol. The first-order chi connectivity index (χ1) is 25.2. The summed E-state index contributed by atoms with van der Waals surface area (Å²) in [5.74, 6) is 1.66. The molecule has 0 bridgehead atoms. The Morgan fingerprint density at radius 2 is 0.961 bits per heavy atom. The van der Waals surface area contributed by atoms with Crippen LogP contribution < -0.4 is 0 Å². The molecule has 2 aromatic heterocycles. The van der Waals surface area contributed by atoms with E-state index in [0.29, 0.717) is 23.2 Å². The number of hydrogen-bond acceptors (Lipinski definition) is 4. The van der Waals surface area contributed by atoms with Gasteiger partial charge < -0.3 is 4.42 Å². The van der Waals surface area contributed by atoms with E-state index >= 15 is 0 Å². The van der Waals surface area contributed by atoms with Crippen molar-refractivity contribution in [1.82, 2.24) is 15.0 Å². The second-order valence-corrected chi connectivity index (χ2v) is 12.3. The van der Waals surface area contributed by atoms with Crippen molar-refractivity contribution < 1.29 is 4.42 Å². The van der Waals surface area contributed by atoms with Crippen LogP contribution in [-0.4, -0.2) is 15.0 Å². The Morgan fingerprint density at radius 1 is 0.392 bits per heavy atom.